The van der Waals surface area contributed by atoms with Gasteiger partial charge in [-0.25, -0.2) is 0 Å². The van der Waals surface area contributed by atoms with E-state index in [1.54, 1.807) is 24.3 Å². The summed E-state index contributed by atoms with van der Waals surface area (Å²) in [5.41, 5.74) is 5.24. The van der Waals surface area contributed by atoms with Crippen LogP contribution in [0.3, 0.4) is 0 Å². The highest BCUT2D eigenvalue weighted by Crippen LogP contribution is 2.43. The van der Waals surface area contributed by atoms with Gasteiger partial charge in [0.1, 0.15) is 0 Å². The first-order valence-electron chi connectivity index (χ1n) is 19.9. The molecule has 1 aliphatic rings. The first-order chi connectivity index (χ1) is 26.8. The molecule has 0 radical (unpaired) electrons. The molecule has 0 saturated carbocycles. The zero-order valence-corrected chi connectivity index (χ0v) is 32.5. The fourth-order valence-electron chi connectivity index (χ4n) is 6.98. The zero-order chi connectivity index (χ0) is 39.5. The maximum absolute atomic E-state index is 11.3. The topological polar surface area (TPSA) is 145 Å². The second-order valence-corrected chi connectivity index (χ2v) is 14.6. The molecule has 294 valence electrons. The van der Waals surface area contributed by atoms with Crippen LogP contribution < -0.4 is 0 Å². The van der Waals surface area contributed by atoms with Crippen molar-refractivity contribution in [3.63, 3.8) is 0 Å². The standard InChI is InChI=1S/C45H56N2O8/c1-3-5-7-9-11-13-27-54-31-43-39(25-19-35-15-21-37(22-16-35)46(50)51)41-29-45(33-48,34-49)30-42(41)40(26-20-36-17-23-38(24-18-36)47(52)53)44(43)32-55-28-14-12-10-8-6-4-2/h15-18,21-24,48-49H,3-14,27-34H2,1-2H3. The number of unbranched alkanes of at least 4 members (excludes halogenated alkanes) is 10. The van der Waals surface area contributed by atoms with Gasteiger partial charge in [0.2, 0.25) is 0 Å². The van der Waals surface area contributed by atoms with Crippen LogP contribution in [0.4, 0.5) is 11.4 Å². The maximum atomic E-state index is 11.3. The Kier molecular flexibility index (Phi) is 17.8. The molecule has 0 spiro atoms. The molecule has 4 rings (SSSR count). The highest BCUT2D eigenvalue weighted by atomic mass is 16.6. The lowest BCUT2D eigenvalue weighted by Gasteiger charge is -2.23. The summed E-state index contributed by atoms with van der Waals surface area (Å²) in [7, 11) is 0. The van der Waals surface area contributed by atoms with Crippen LogP contribution in [0.1, 0.15) is 135 Å². The molecule has 0 atom stereocenters. The summed E-state index contributed by atoms with van der Waals surface area (Å²) < 4.78 is 12.8. The maximum Gasteiger partial charge on any atom is 0.269 e. The summed E-state index contributed by atoms with van der Waals surface area (Å²) in [4.78, 5) is 21.7. The van der Waals surface area contributed by atoms with E-state index in [1.807, 2.05) is 0 Å². The second-order valence-electron chi connectivity index (χ2n) is 14.6. The molecule has 2 N–H and O–H groups in total. The summed E-state index contributed by atoms with van der Waals surface area (Å²) in [6, 6.07) is 12.2. The van der Waals surface area contributed by atoms with Gasteiger partial charge >= 0.3 is 0 Å². The second kappa shape index (κ2) is 22.7. The van der Waals surface area contributed by atoms with E-state index < -0.39 is 15.3 Å². The third-order valence-electron chi connectivity index (χ3n) is 10.3. The van der Waals surface area contributed by atoms with E-state index in [9.17, 15) is 30.4 Å². The largest absolute Gasteiger partial charge is 0.396 e. The minimum Gasteiger partial charge on any atom is -0.396 e. The molecule has 0 aliphatic heterocycles. The van der Waals surface area contributed by atoms with Crippen molar-refractivity contribution >= 4 is 11.4 Å². The molecule has 10 heteroatoms. The van der Waals surface area contributed by atoms with Crippen LogP contribution in [0.25, 0.3) is 0 Å². The molecule has 1 aliphatic carbocycles. The normalized spacial score (nSPS) is 12.7. The molecule has 0 aromatic heterocycles. The van der Waals surface area contributed by atoms with E-state index in [0.29, 0.717) is 37.2 Å². The number of aliphatic hydroxyl groups excluding tert-OH is 2. The van der Waals surface area contributed by atoms with E-state index in [1.165, 1.54) is 62.8 Å². The quantitative estimate of drug-likeness (QED) is 0.0448. The summed E-state index contributed by atoms with van der Waals surface area (Å²) in [6.07, 6.45) is 14.3. The molecule has 0 bridgehead atoms. The number of non-ortho nitro benzene ring substituents is 2. The highest BCUT2D eigenvalue weighted by Gasteiger charge is 2.40. The number of aliphatic hydroxyl groups is 2. The lowest BCUT2D eigenvalue weighted by Crippen LogP contribution is -2.30. The van der Waals surface area contributed by atoms with Crippen molar-refractivity contribution in [2.75, 3.05) is 26.4 Å². The van der Waals surface area contributed by atoms with Gasteiger partial charge in [-0.15, -0.1) is 0 Å². The summed E-state index contributed by atoms with van der Waals surface area (Å²) in [5, 5.41) is 43.9. The number of rotatable bonds is 22. The molecular formula is C45H56N2O8. The Bertz CT molecular complexity index is 1700. The van der Waals surface area contributed by atoms with Gasteiger partial charge in [-0.1, -0.05) is 102 Å². The number of nitro benzene ring substituents is 2. The van der Waals surface area contributed by atoms with Crippen LogP contribution in [0, 0.1) is 49.3 Å². The molecule has 0 amide bonds. The van der Waals surface area contributed by atoms with Gasteiger partial charge in [-0.2, -0.15) is 0 Å². The lowest BCUT2D eigenvalue weighted by atomic mass is 9.86. The van der Waals surface area contributed by atoms with Crippen molar-refractivity contribution < 1.29 is 29.5 Å². The van der Waals surface area contributed by atoms with Crippen LogP contribution >= 0.6 is 0 Å². The minimum absolute atomic E-state index is 0.0216. The van der Waals surface area contributed by atoms with E-state index in [0.717, 1.165) is 71.9 Å². The Labute approximate surface area is 326 Å². The van der Waals surface area contributed by atoms with Crippen molar-refractivity contribution in [2.24, 2.45) is 5.41 Å². The van der Waals surface area contributed by atoms with Crippen LogP contribution in [0.15, 0.2) is 48.5 Å². The van der Waals surface area contributed by atoms with Crippen LogP contribution in [0.5, 0.6) is 0 Å². The van der Waals surface area contributed by atoms with E-state index in [2.05, 4.69) is 37.5 Å². The van der Waals surface area contributed by atoms with Gasteiger partial charge < -0.3 is 19.7 Å². The minimum atomic E-state index is -0.829. The Balaban J connectivity index is 1.83. The number of hydrogen-bond acceptors (Lipinski definition) is 8. The molecule has 0 saturated heterocycles. The first-order valence-corrected chi connectivity index (χ1v) is 19.9. The van der Waals surface area contributed by atoms with Gasteiger partial charge in [0.15, 0.2) is 0 Å². The van der Waals surface area contributed by atoms with Crippen molar-refractivity contribution in [1.82, 2.24) is 0 Å². The third kappa shape index (κ3) is 12.7. The molecule has 0 unspecified atom stereocenters. The first kappa shape index (κ1) is 43.2. The molecular weight excluding hydrogens is 697 g/mol. The van der Waals surface area contributed by atoms with Crippen LogP contribution in [-0.2, 0) is 35.5 Å². The number of hydrogen-bond donors (Lipinski definition) is 2. The van der Waals surface area contributed by atoms with Gasteiger partial charge in [0.05, 0.1) is 36.3 Å². The zero-order valence-electron chi connectivity index (χ0n) is 32.5. The van der Waals surface area contributed by atoms with Crippen molar-refractivity contribution in [1.29, 1.82) is 0 Å². The number of benzene rings is 3. The highest BCUT2D eigenvalue weighted by molar-refractivity contribution is 5.66. The third-order valence-corrected chi connectivity index (χ3v) is 10.3. The molecule has 55 heavy (non-hydrogen) atoms. The van der Waals surface area contributed by atoms with Crippen LogP contribution in [0.2, 0.25) is 0 Å². The summed E-state index contributed by atoms with van der Waals surface area (Å²) in [5.74, 6) is 13.2. The molecule has 0 fully saturated rings. The van der Waals surface area contributed by atoms with E-state index >= 15 is 0 Å². The fourth-order valence-corrected chi connectivity index (χ4v) is 6.98. The lowest BCUT2D eigenvalue weighted by molar-refractivity contribution is -0.385. The molecule has 3 aromatic carbocycles. The SMILES string of the molecule is CCCCCCCCOCc1c(C#Cc2ccc([N+](=O)[O-])cc2)c2c(c(C#Cc3ccc([N+](=O)[O-])cc3)c1COCCCCCCCC)CC(CO)(CO)C2. The van der Waals surface area contributed by atoms with E-state index in [4.69, 9.17) is 9.47 Å². The average molecular weight is 753 g/mol. The van der Waals surface area contributed by atoms with Crippen molar-refractivity contribution in [3.8, 4) is 23.7 Å². The average Bonchev–Trinajstić information content (AvgIpc) is 3.59. The molecule has 3 aromatic rings. The van der Waals surface area contributed by atoms with Crippen molar-refractivity contribution in [3.05, 3.63) is 113 Å². The number of fused-ring (bicyclic) bond motifs is 1. The van der Waals surface area contributed by atoms with Gasteiger partial charge in [-0.3, -0.25) is 20.2 Å². The number of ether oxygens (including phenoxy) is 2. The Morgan fingerprint density at radius 1 is 0.582 bits per heavy atom. The molecule has 0 heterocycles. The number of nitro groups is 2. The van der Waals surface area contributed by atoms with Gasteiger partial charge in [0.25, 0.3) is 11.4 Å². The predicted octanol–water partition coefficient (Wildman–Crippen LogP) is 9.13. The fraction of sp³-hybridized carbons (Fsp3) is 0.511. The Hall–Kier alpha value is -4.58. The predicted molar refractivity (Wildman–Crippen MR) is 215 cm³/mol. The van der Waals surface area contributed by atoms with Gasteiger partial charge in [-0.05, 0) is 61.1 Å². The molecule has 10 nitrogen and oxygen atoms in total. The summed E-state index contributed by atoms with van der Waals surface area (Å²) in [6.45, 7) is 5.56. The smallest absolute Gasteiger partial charge is 0.269 e. The number of nitrogens with zero attached hydrogens (tertiary/aromatic N) is 2. The Morgan fingerprint density at radius 3 is 1.29 bits per heavy atom. The van der Waals surface area contributed by atoms with Crippen molar-refractivity contribution in [2.45, 2.75) is 117 Å². The Morgan fingerprint density at radius 2 is 0.945 bits per heavy atom. The summed E-state index contributed by atoms with van der Waals surface area (Å²) >= 11 is 0. The van der Waals surface area contributed by atoms with Crippen LogP contribution in [-0.4, -0.2) is 46.5 Å². The van der Waals surface area contributed by atoms with E-state index in [-0.39, 0.29) is 37.8 Å². The van der Waals surface area contributed by atoms with Gasteiger partial charge in [0, 0.05) is 76.3 Å². The monoisotopic (exact) mass is 752 g/mol.